The van der Waals surface area contributed by atoms with Crippen LogP contribution in [0.3, 0.4) is 0 Å². The molecule has 0 radical (unpaired) electrons. The molecule has 2 atom stereocenters. The molecule has 2 aromatic rings. The van der Waals surface area contributed by atoms with Crippen molar-refractivity contribution in [2.75, 3.05) is 5.32 Å². The first-order valence-electron chi connectivity index (χ1n) is 6.67. The standard InChI is InChI=1S/C14H17ClN4OS/c1-3-8(2)11(16)12(20)17-14-19-18-13(21-14)9-5-4-6-10(15)7-9/h4-8,11H,3,16H2,1-2H3,(H,17,19,20). The molecular formula is C14H17ClN4OS. The summed E-state index contributed by atoms with van der Waals surface area (Å²) in [6.07, 6.45) is 0.846. The third-order valence-corrected chi connectivity index (χ3v) is 4.41. The van der Waals surface area contributed by atoms with Crippen LogP contribution < -0.4 is 11.1 Å². The Hall–Kier alpha value is -1.50. The van der Waals surface area contributed by atoms with Gasteiger partial charge in [-0.05, 0) is 18.1 Å². The van der Waals surface area contributed by atoms with Crippen molar-refractivity contribution in [1.29, 1.82) is 0 Å². The Morgan fingerprint density at radius 2 is 2.24 bits per heavy atom. The molecule has 0 aliphatic heterocycles. The molecule has 0 aliphatic carbocycles. The average molecular weight is 325 g/mol. The first-order valence-corrected chi connectivity index (χ1v) is 7.86. The molecule has 0 saturated heterocycles. The Morgan fingerprint density at radius 1 is 1.48 bits per heavy atom. The summed E-state index contributed by atoms with van der Waals surface area (Å²) in [4.78, 5) is 12.0. The number of nitrogens with zero attached hydrogens (tertiary/aromatic N) is 2. The number of carbonyl (C=O) groups excluding carboxylic acids is 1. The highest BCUT2D eigenvalue weighted by molar-refractivity contribution is 7.18. The molecule has 1 aromatic carbocycles. The molecule has 1 amide bonds. The molecule has 1 heterocycles. The minimum absolute atomic E-state index is 0.116. The van der Waals surface area contributed by atoms with Gasteiger partial charge in [0.25, 0.3) is 0 Å². The highest BCUT2D eigenvalue weighted by Gasteiger charge is 2.20. The first-order chi connectivity index (χ1) is 10.0. The Balaban J connectivity index is 2.08. The van der Waals surface area contributed by atoms with E-state index < -0.39 is 6.04 Å². The number of carbonyl (C=O) groups is 1. The SMILES string of the molecule is CCC(C)C(N)C(=O)Nc1nnc(-c2cccc(Cl)c2)s1. The molecule has 3 N–H and O–H groups in total. The van der Waals surface area contributed by atoms with Gasteiger partial charge in [-0.2, -0.15) is 0 Å². The van der Waals surface area contributed by atoms with E-state index in [2.05, 4.69) is 15.5 Å². The van der Waals surface area contributed by atoms with Crippen LogP contribution in [0.4, 0.5) is 5.13 Å². The maximum absolute atomic E-state index is 12.0. The van der Waals surface area contributed by atoms with Gasteiger partial charge in [0, 0.05) is 10.6 Å². The van der Waals surface area contributed by atoms with Crippen LogP contribution in [-0.4, -0.2) is 22.1 Å². The second kappa shape index (κ2) is 6.98. The summed E-state index contributed by atoms with van der Waals surface area (Å²) in [5.41, 5.74) is 6.75. The Kier molecular flexibility index (Phi) is 5.27. The summed E-state index contributed by atoms with van der Waals surface area (Å²) in [6.45, 7) is 3.95. The number of hydrogen-bond donors (Lipinski definition) is 2. The van der Waals surface area contributed by atoms with Crippen LogP contribution in [-0.2, 0) is 4.79 Å². The lowest BCUT2D eigenvalue weighted by molar-refractivity contribution is -0.118. The van der Waals surface area contributed by atoms with E-state index >= 15 is 0 Å². The van der Waals surface area contributed by atoms with Crippen LogP contribution in [0.15, 0.2) is 24.3 Å². The summed E-state index contributed by atoms with van der Waals surface area (Å²) in [5.74, 6) is -0.122. The zero-order valence-electron chi connectivity index (χ0n) is 11.8. The Labute approximate surface area is 132 Å². The van der Waals surface area contributed by atoms with Gasteiger partial charge < -0.3 is 5.73 Å². The first kappa shape index (κ1) is 15.9. The highest BCUT2D eigenvalue weighted by Crippen LogP contribution is 2.28. The lowest BCUT2D eigenvalue weighted by Crippen LogP contribution is -2.40. The molecule has 2 unspecified atom stereocenters. The molecule has 5 nitrogen and oxygen atoms in total. The molecule has 0 spiro atoms. The molecular weight excluding hydrogens is 308 g/mol. The van der Waals surface area contributed by atoms with Gasteiger partial charge in [-0.15, -0.1) is 10.2 Å². The summed E-state index contributed by atoms with van der Waals surface area (Å²) in [5, 5.41) is 12.5. The van der Waals surface area contributed by atoms with E-state index in [1.807, 2.05) is 26.0 Å². The predicted octanol–water partition coefficient (Wildman–Crippen LogP) is 3.17. The summed E-state index contributed by atoms with van der Waals surface area (Å²) < 4.78 is 0. The summed E-state index contributed by atoms with van der Waals surface area (Å²) >= 11 is 7.24. The van der Waals surface area contributed by atoms with Crippen LogP contribution in [0, 0.1) is 5.92 Å². The number of aromatic nitrogens is 2. The molecule has 112 valence electrons. The van der Waals surface area contributed by atoms with Crippen molar-refractivity contribution < 1.29 is 4.79 Å². The highest BCUT2D eigenvalue weighted by atomic mass is 35.5. The van der Waals surface area contributed by atoms with Crippen molar-refractivity contribution in [3.63, 3.8) is 0 Å². The van der Waals surface area contributed by atoms with Gasteiger partial charge in [0.1, 0.15) is 5.01 Å². The molecule has 0 aliphatic rings. The fourth-order valence-electron chi connectivity index (χ4n) is 1.71. The van der Waals surface area contributed by atoms with E-state index in [-0.39, 0.29) is 11.8 Å². The van der Waals surface area contributed by atoms with Crippen molar-refractivity contribution in [1.82, 2.24) is 10.2 Å². The largest absolute Gasteiger partial charge is 0.320 e. The quantitative estimate of drug-likeness (QED) is 0.885. The molecule has 7 heteroatoms. The van der Waals surface area contributed by atoms with Gasteiger partial charge in [0.05, 0.1) is 6.04 Å². The molecule has 21 heavy (non-hydrogen) atoms. The fraction of sp³-hybridized carbons (Fsp3) is 0.357. The number of amides is 1. The van der Waals surface area contributed by atoms with Gasteiger partial charge in [0.15, 0.2) is 0 Å². The third kappa shape index (κ3) is 4.00. The fourth-order valence-corrected chi connectivity index (χ4v) is 2.65. The number of hydrogen-bond acceptors (Lipinski definition) is 5. The van der Waals surface area contributed by atoms with Gasteiger partial charge >= 0.3 is 0 Å². The Morgan fingerprint density at radius 3 is 2.90 bits per heavy atom. The number of rotatable bonds is 5. The molecule has 0 bridgehead atoms. The van der Waals surface area contributed by atoms with Crippen LogP contribution in [0.2, 0.25) is 5.02 Å². The number of nitrogens with two attached hydrogens (primary N) is 1. The number of anilines is 1. The van der Waals surface area contributed by atoms with Crippen molar-refractivity contribution in [3.8, 4) is 10.6 Å². The zero-order valence-corrected chi connectivity index (χ0v) is 13.4. The van der Waals surface area contributed by atoms with Gasteiger partial charge in [0.2, 0.25) is 11.0 Å². The van der Waals surface area contributed by atoms with Crippen LogP contribution in [0.5, 0.6) is 0 Å². The van der Waals surface area contributed by atoms with E-state index in [1.54, 1.807) is 12.1 Å². The smallest absolute Gasteiger partial charge is 0.243 e. The molecule has 0 saturated carbocycles. The minimum atomic E-state index is -0.548. The van der Waals surface area contributed by atoms with Gasteiger partial charge in [-0.25, -0.2) is 0 Å². The maximum atomic E-state index is 12.0. The summed E-state index contributed by atoms with van der Waals surface area (Å²) in [7, 11) is 0. The minimum Gasteiger partial charge on any atom is -0.320 e. The van der Waals surface area contributed by atoms with Crippen molar-refractivity contribution >= 4 is 34.0 Å². The second-order valence-electron chi connectivity index (χ2n) is 4.82. The molecule has 2 rings (SSSR count). The normalized spacial score (nSPS) is 13.7. The lowest BCUT2D eigenvalue weighted by Gasteiger charge is -2.16. The topological polar surface area (TPSA) is 80.9 Å². The van der Waals surface area contributed by atoms with E-state index in [1.165, 1.54) is 11.3 Å². The monoisotopic (exact) mass is 324 g/mol. The average Bonchev–Trinajstić information content (AvgIpc) is 2.94. The van der Waals surface area contributed by atoms with E-state index in [9.17, 15) is 4.79 Å². The third-order valence-electron chi connectivity index (χ3n) is 3.29. The van der Waals surface area contributed by atoms with Crippen LogP contribution >= 0.6 is 22.9 Å². The van der Waals surface area contributed by atoms with Crippen molar-refractivity contribution in [2.45, 2.75) is 26.3 Å². The molecule has 1 aromatic heterocycles. The van der Waals surface area contributed by atoms with E-state index in [0.29, 0.717) is 15.2 Å². The van der Waals surface area contributed by atoms with E-state index in [4.69, 9.17) is 17.3 Å². The maximum Gasteiger partial charge on any atom is 0.243 e. The van der Waals surface area contributed by atoms with Gasteiger partial charge in [-0.1, -0.05) is 55.3 Å². The van der Waals surface area contributed by atoms with E-state index in [0.717, 1.165) is 12.0 Å². The van der Waals surface area contributed by atoms with Gasteiger partial charge in [-0.3, -0.25) is 10.1 Å². The number of benzene rings is 1. The summed E-state index contributed by atoms with van der Waals surface area (Å²) in [6, 6.07) is 6.78. The predicted molar refractivity (Wildman–Crippen MR) is 86.4 cm³/mol. The number of halogens is 1. The Bertz CT molecular complexity index is 631. The van der Waals surface area contributed by atoms with Crippen molar-refractivity contribution in [2.24, 2.45) is 11.7 Å². The molecule has 0 fully saturated rings. The van der Waals surface area contributed by atoms with Crippen LogP contribution in [0.25, 0.3) is 10.6 Å². The zero-order chi connectivity index (χ0) is 15.4. The number of nitrogens with one attached hydrogen (secondary N) is 1. The van der Waals surface area contributed by atoms with Crippen LogP contribution in [0.1, 0.15) is 20.3 Å². The lowest BCUT2D eigenvalue weighted by atomic mass is 10.00. The second-order valence-corrected chi connectivity index (χ2v) is 6.24. The van der Waals surface area contributed by atoms with Crippen molar-refractivity contribution in [3.05, 3.63) is 29.3 Å².